The zero-order chi connectivity index (χ0) is 18.8. The van der Waals surface area contributed by atoms with Crippen LogP contribution in [0.1, 0.15) is 34.4 Å². The van der Waals surface area contributed by atoms with Crippen molar-refractivity contribution in [2.75, 3.05) is 5.32 Å². The fraction of sp³-hybridized carbons (Fsp3) is 0.278. The van der Waals surface area contributed by atoms with Gasteiger partial charge in [0, 0.05) is 17.8 Å². The average Bonchev–Trinajstić information content (AvgIpc) is 3.11. The van der Waals surface area contributed by atoms with E-state index >= 15 is 0 Å². The summed E-state index contributed by atoms with van der Waals surface area (Å²) in [5.74, 6) is -0.356. The van der Waals surface area contributed by atoms with Gasteiger partial charge in [-0.3, -0.25) is 14.2 Å². The lowest BCUT2D eigenvalue weighted by molar-refractivity contribution is 0.102. The van der Waals surface area contributed by atoms with E-state index in [1.807, 2.05) is 49.7 Å². The van der Waals surface area contributed by atoms with Crippen LogP contribution in [-0.2, 0) is 13.1 Å². The molecule has 0 aliphatic carbocycles. The van der Waals surface area contributed by atoms with E-state index in [1.54, 1.807) is 10.9 Å². The van der Waals surface area contributed by atoms with E-state index in [9.17, 15) is 4.79 Å². The van der Waals surface area contributed by atoms with Gasteiger partial charge in [0.05, 0.1) is 28.6 Å². The van der Waals surface area contributed by atoms with Crippen LogP contribution in [0.2, 0.25) is 10.0 Å². The van der Waals surface area contributed by atoms with Crippen molar-refractivity contribution in [2.45, 2.75) is 33.9 Å². The largest absolute Gasteiger partial charge is 0.317 e. The molecule has 1 amide bonds. The summed E-state index contributed by atoms with van der Waals surface area (Å²) in [5.41, 5.74) is 3.37. The Bertz CT molecular complexity index is 961. The number of benzene rings is 1. The van der Waals surface area contributed by atoms with E-state index in [0.717, 1.165) is 11.3 Å². The molecule has 136 valence electrons. The van der Waals surface area contributed by atoms with Crippen molar-refractivity contribution in [3.8, 4) is 0 Å². The first-order chi connectivity index (χ1) is 12.4. The first-order valence-electron chi connectivity index (χ1n) is 8.22. The number of hydrogen-bond acceptors (Lipinski definition) is 3. The molecule has 1 aromatic carbocycles. The van der Waals surface area contributed by atoms with Gasteiger partial charge in [0.2, 0.25) is 0 Å². The maximum atomic E-state index is 12.6. The van der Waals surface area contributed by atoms with Gasteiger partial charge in [0.15, 0.2) is 5.69 Å². The molecule has 2 aromatic heterocycles. The van der Waals surface area contributed by atoms with Gasteiger partial charge in [0.1, 0.15) is 0 Å². The van der Waals surface area contributed by atoms with Gasteiger partial charge in [-0.1, -0.05) is 41.4 Å². The number of rotatable bonds is 5. The summed E-state index contributed by atoms with van der Waals surface area (Å²) in [6.45, 7) is 6.84. The molecule has 0 aliphatic heterocycles. The van der Waals surface area contributed by atoms with Crippen LogP contribution >= 0.6 is 23.2 Å². The normalized spacial score (nSPS) is 11.0. The molecule has 26 heavy (non-hydrogen) atoms. The lowest BCUT2D eigenvalue weighted by Crippen LogP contribution is -2.15. The number of anilines is 1. The Balaban J connectivity index is 1.85. The summed E-state index contributed by atoms with van der Waals surface area (Å²) in [6, 6.07) is 7.62. The molecule has 0 radical (unpaired) electrons. The highest BCUT2D eigenvalue weighted by atomic mass is 35.5. The molecule has 6 nitrogen and oxygen atoms in total. The van der Waals surface area contributed by atoms with Crippen LogP contribution in [-0.4, -0.2) is 25.5 Å². The summed E-state index contributed by atoms with van der Waals surface area (Å²) in [5, 5.41) is 12.6. The van der Waals surface area contributed by atoms with Crippen molar-refractivity contribution in [3.05, 3.63) is 63.2 Å². The number of nitrogens with zero attached hydrogens (tertiary/aromatic N) is 4. The minimum Gasteiger partial charge on any atom is -0.317 e. The smallest absolute Gasteiger partial charge is 0.277 e. The van der Waals surface area contributed by atoms with Crippen LogP contribution in [0.4, 0.5) is 5.69 Å². The second kappa shape index (κ2) is 7.51. The highest BCUT2D eigenvalue weighted by molar-refractivity contribution is 6.34. The van der Waals surface area contributed by atoms with Crippen LogP contribution in [0.5, 0.6) is 0 Å². The Morgan fingerprint density at radius 2 is 1.88 bits per heavy atom. The van der Waals surface area contributed by atoms with Crippen molar-refractivity contribution < 1.29 is 4.79 Å². The SMILES string of the molecule is CCn1cc(Cl)c(C(=O)Nc2c(C)nn(Cc3ccccc3Cl)c2C)n1. The Morgan fingerprint density at radius 1 is 1.15 bits per heavy atom. The molecule has 0 unspecified atom stereocenters. The minimum absolute atomic E-state index is 0.200. The molecule has 1 N–H and O–H groups in total. The van der Waals surface area contributed by atoms with E-state index in [-0.39, 0.29) is 11.6 Å². The van der Waals surface area contributed by atoms with Crippen LogP contribution < -0.4 is 5.32 Å². The Kier molecular flexibility index (Phi) is 5.34. The van der Waals surface area contributed by atoms with Gasteiger partial charge in [-0.2, -0.15) is 10.2 Å². The number of hydrogen-bond donors (Lipinski definition) is 1. The topological polar surface area (TPSA) is 64.7 Å². The Morgan fingerprint density at radius 3 is 2.54 bits per heavy atom. The second-order valence-electron chi connectivity index (χ2n) is 5.93. The molecule has 0 atom stereocenters. The maximum absolute atomic E-state index is 12.6. The van der Waals surface area contributed by atoms with Crippen molar-refractivity contribution >= 4 is 34.8 Å². The summed E-state index contributed by atoms with van der Waals surface area (Å²) >= 11 is 12.3. The van der Waals surface area contributed by atoms with E-state index in [2.05, 4.69) is 15.5 Å². The van der Waals surface area contributed by atoms with Crippen molar-refractivity contribution in [1.82, 2.24) is 19.6 Å². The first kappa shape index (κ1) is 18.5. The van der Waals surface area contributed by atoms with Crippen LogP contribution in [0, 0.1) is 13.8 Å². The maximum Gasteiger partial charge on any atom is 0.277 e. The summed E-state index contributed by atoms with van der Waals surface area (Å²) in [4.78, 5) is 12.6. The fourth-order valence-electron chi connectivity index (χ4n) is 2.71. The van der Waals surface area contributed by atoms with Crippen LogP contribution in [0.25, 0.3) is 0 Å². The lowest BCUT2D eigenvalue weighted by Gasteiger charge is -2.08. The monoisotopic (exact) mass is 391 g/mol. The molecule has 2 heterocycles. The van der Waals surface area contributed by atoms with Gasteiger partial charge in [-0.05, 0) is 32.4 Å². The fourth-order valence-corrected chi connectivity index (χ4v) is 3.14. The zero-order valence-corrected chi connectivity index (χ0v) is 16.3. The van der Waals surface area contributed by atoms with E-state index < -0.39 is 0 Å². The number of aryl methyl sites for hydroxylation is 2. The number of carbonyl (C=O) groups excluding carboxylic acids is 1. The third-order valence-electron chi connectivity index (χ3n) is 4.15. The molecule has 3 rings (SSSR count). The van der Waals surface area contributed by atoms with E-state index in [0.29, 0.717) is 34.5 Å². The minimum atomic E-state index is -0.356. The number of amides is 1. The molecule has 0 fully saturated rings. The quantitative estimate of drug-likeness (QED) is 0.703. The van der Waals surface area contributed by atoms with Crippen molar-refractivity contribution in [2.24, 2.45) is 0 Å². The standard InChI is InChI=1S/C18H19Cl2N5O/c1-4-24-10-15(20)17(23-24)18(26)21-16-11(2)22-25(12(16)3)9-13-7-5-6-8-14(13)19/h5-8,10H,4,9H2,1-3H3,(H,21,26). The third-order valence-corrected chi connectivity index (χ3v) is 4.80. The molecule has 0 saturated carbocycles. The second-order valence-corrected chi connectivity index (χ2v) is 6.74. The van der Waals surface area contributed by atoms with Gasteiger partial charge in [-0.15, -0.1) is 0 Å². The number of halogens is 2. The first-order valence-corrected chi connectivity index (χ1v) is 8.98. The third kappa shape index (κ3) is 3.61. The molecule has 8 heteroatoms. The van der Waals surface area contributed by atoms with Crippen LogP contribution in [0.3, 0.4) is 0 Å². The molecule has 0 aliphatic rings. The highest BCUT2D eigenvalue weighted by Crippen LogP contribution is 2.24. The summed E-state index contributed by atoms with van der Waals surface area (Å²) in [7, 11) is 0. The average molecular weight is 392 g/mol. The zero-order valence-electron chi connectivity index (χ0n) is 14.8. The van der Waals surface area contributed by atoms with Crippen LogP contribution in [0.15, 0.2) is 30.5 Å². The molecule has 0 bridgehead atoms. The van der Waals surface area contributed by atoms with Gasteiger partial charge in [-0.25, -0.2) is 0 Å². The molecule has 0 spiro atoms. The summed E-state index contributed by atoms with van der Waals surface area (Å²) in [6.07, 6.45) is 1.64. The molecular formula is C18H19Cl2N5O. The van der Waals surface area contributed by atoms with Crippen molar-refractivity contribution in [3.63, 3.8) is 0 Å². The lowest BCUT2D eigenvalue weighted by atomic mass is 10.2. The Labute approximate surface area is 161 Å². The number of carbonyl (C=O) groups is 1. The summed E-state index contributed by atoms with van der Waals surface area (Å²) < 4.78 is 3.44. The van der Waals surface area contributed by atoms with Gasteiger partial charge < -0.3 is 5.32 Å². The highest BCUT2D eigenvalue weighted by Gasteiger charge is 2.20. The van der Waals surface area contributed by atoms with Gasteiger partial charge >= 0.3 is 0 Å². The number of nitrogens with one attached hydrogen (secondary N) is 1. The molecule has 0 saturated heterocycles. The Hall–Kier alpha value is -2.31. The predicted octanol–water partition coefficient (Wildman–Crippen LogP) is 4.32. The van der Waals surface area contributed by atoms with Crippen molar-refractivity contribution in [1.29, 1.82) is 0 Å². The molecule has 3 aromatic rings. The molecular weight excluding hydrogens is 373 g/mol. The van der Waals surface area contributed by atoms with E-state index in [4.69, 9.17) is 23.2 Å². The van der Waals surface area contributed by atoms with Gasteiger partial charge in [0.25, 0.3) is 5.91 Å². The predicted molar refractivity (Wildman–Crippen MR) is 103 cm³/mol. The van der Waals surface area contributed by atoms with E-state index in [1.165, 1.54) is 0 Å². The number of aromatic nitrogens is 4.